The van der Waals surface area contributed by atoms with Crippen LogP contribution in [0, 0.1) is 6.92 Å². The molecule has 0 spiro atoms. The van der Waals surface area contributed by atoms with Crippen molar-refractivity contribution in [1.82, 2.24) is 15.3 Å². The number of hydrogen-bond acceptors (Lipinski definition) is 6. The van der Waals surface area contributed by atoms with E-state index >= 15 is 0 Å². The van der Waals surface area contributed by atoms with E-state index in [0.29, 0.717) is 34.1 Å². The lowest BCUT2D eigenvalue weighted by atomic mass is 10.1. The van der Waals surface area contributed by atoms with Crippen LogP contribution in [0.5, 0.6) is 0 Å². The summed E-state index contributed by atoms with van der Waals surface area (Å²) < 4.78 is 0. The summed E-state index contributed by atoms with van der Waals surface area (Å²) in [5.74, 6) is -0.468. The number of aromatic amines is 1. The van der Waals surface area contributed by atoms with Crippen LogP contribution >= 0.6 is 23.1 Å². The van der Waals surface area contributed by atoms with Gasteiger partial charge in [-0.3, -0.25) is 14.4 Å². The van der Waals surface area contributed by atoms with Crippen LogP contribution in [0.3, 0.4) is 0 Å². The summed E-state index contributed by atoms with van der Waals surface area (Å²) in [5, 5.41) is 7.78. The molecule has 31 heavy (non-hydrogen) atoms. The van der Waals surface area contributed by atoms with Gasteiger partial charge < -0.3 is 21.4 Å². The van der Waals surface area contributed by atoms with Gasteiger partial charge in [0, 0.05) is 22.7 Å². The van der Waals surface area contributed by atoms with E-state index in [1.54, 1.807) is 41.5 Å². The number of anilines is 1. The number of primary amides is 1. The predicted octanol–water partition coefficient (Wildman–Crippen LogP) is 3.04. The number of amides is 3. The summed E-state index contributed by atoms with van der Waals surface area (Å²) in [6.07, 6.45) is 4.06. The Morgan fingerprint density at radius 3 is 2.77 bits per heavy atom. The van der Waals surface area contributed by atoms with Crippen LogP contribution in [-0.4, -0.2) is 45.7 Å². The maximum atomic E-state index is 12.9. The molecule has 162 valence electrons. The van der Waals surface area contributed by atoms with Crippen LogP contribution in [0.4, 0.5) is 5.13 Å². The molecule has 0 saturated carbocycles. The van der Waals surface area contributed by atoms with Gasteiger partial charge in [0.25, 0.3) is 11.8 Å². The summed E-state index contributed by atoms with van der Waals surface area (Å²) in [6, 6.07) is 8.13. The molecule has 5 N–H and O–H groups in total. The molecule has 3 amide bonds. The maximum Gasteiger partial charge on any atom is 0.265 e. The van der Waals surface area contributed by atoms with Gasteiger partial charge in [0.2, 0.25) is 5.91 Å². The SMILES string of the molecule is CSCCC(NC(=O)c1cccc(C)c1)C(=O)Nc1nc(-c2c[nH]c(C(N)=O)c2)cs1. The number of nitrogens with two attached hydrogens (primary N) is 1. The average molecular weight is 458 g/mol. The number of hydrogen-bond donors (Lipinski definition) is 4. The highest BCUT2D eigenvalue weighted by Gasteiger charge is 2.22. The quantitative estimate of drug-likeness (QED) is 0.392. The van der Waals surface area contributed by atoms with Crippen molar-refractivity contribution in [3.8, 4) is 11.3 Å². The summed E-state index contributed by atoms with van der Waals surface area (Å²) in [7, 11) is 0. The van der Waals surface area contributed by atoms with E-state index < -0.39 is 11.9 Å². The fraction of sp³-hybridized carbons (Fsp3) is 0.238. The Morgan fingerprint density at radius 2 is 2.10 bits per heavy atom. The normalized spacial score (nSPS) is 11.7. The van der Waals surface area contributed by atoms with Gasteiger partial charge in [-0.25, -0.2) is 4.98 Å². The van der Waals surface area contributed by atoms with E-state index in [-0.39, 0.29) is 17.5 Å². The maximum absolute atomic E-state index is 12.9. The Hall–Kier alpha value is -3.11. The number of thiazole rings is 1. The Morgan fingerprint density at radius 1 is 1.29 bits per heavy atom. The molecule has 0 saturated heterocycles. The van der Waals surface area contributed by atoms with Gasteiger partial charge in [-0.1, -0.05) is 17.7 Å². The second-order valence-electron chi connectivity index (χ2n) is 6.87. The van der Waals surface area contributed by atoms with E-state index in [1.807, 2.05) is 25.3 Å². The summed E-state index contributed by atoms with van der Waals surface area (Å²) in [5.41, 5.74) is 8.32. The largest absolute Gasteiger partial charge is 0.364 e. The Balaban J connectivity index is 1.69. The fourth-order valence-electron chi connectivity index (χ4n) is 2.87. The third-order valence-corrected chi connectivity index (χ3v) is 5.89. The molecule has 1 atom stereocenters. The van der Waals surface area contributed by atoms with Crippen molar-refractivity contribution in [2.75, 3.05) is 17.3 Å². The number of H-pyrrole nitrogens is 1. The third kappa shape index (κ3) is 5.96. The zero-order valence-corrected chi connectivity index (χ0v) is 18.7. The highest BCUT2D eigenvalue weighted by atomic mass is 32.2. The molecule has 0 fully saturated rings. The summed E-state index contributed by atoms with van der Waals surface area (Å²) >= 11 is 2.86. The number of rotatable bonds is 9. The molecule has 0 aliphatic carbocycles. The van der Waals surface area contributed by atoms with Gasteiger partial charge in [0.15, 0.2) is 5.13 Å². The molecular weight excluding hydrogens is 434 g/mol. The van der Waals surface area contributed by atoms with Crippen LogP contribution in [-0.2, 0) is 4.79 Å². The number of aryl methyl sites for hydroxylation is 1. The van der Waals surface area contributed by atoms with E-state index in [2.05, 4.69) is 20.6 Å². The van der Waals surface area contributed by atoms with Crippen LogP contribution < -0.4 is 16.4 Å². The van der Waals surface area contributed by atoms with Crippen molar-refractivity contribution in [2.45, 2.75) is 19.4 Å². The van der Waals surface area contributed by atoms with E-state index in [9.17, 15) is 14.4 Å². The number of thioether (sulfide) groups is 1. The molecule has 10 heteroatoms. The zero-order chi connectivity index (χ0) is 22.4. The molecular formula is C21H23N5O3S2. The van der Waals surface area contributed by atoms with Gasteiger partial charge in [-0.15, -0.1) is 11.3 Å². The van der Waals surface area contributed by atoms with E-state index in [4.69, 9.17) is 5.73 Å². The van der Waals surface area contributed by atoms with E-state index in [1.165, 1.54) is 11.3 Å². The smallest absolute Gasteiger partial charge is 0.265 e. The van der Waals surface area contributed by atoms with Crippen molar-refractivity contribution in [1.29, 1.82) is 0 Å². The first-order valence-electron chi connectivity index (χ1n) is 9.49. The van der Waals surface area contributed by atoms with Crippen LogP contribution in [0.1, 0.15) is 32.8 Å². The average Bonchev–Trinajstić information content (AvgIpc) is 3.40. The highest BCUT2D eigenvalue weighted by Crippen LogP contribution is 2.25. The number of carbonyl (C=O) groups is 3. The molecule has 0 aliphatic heterocycles. The molecule has 3 rings (SSSR count). The highest BCUT2D eigenvalue weighted by molar-refractivity contribution is 7.98. The van der Waals surface area contributed by atoms with Gasteiger partial charge in [0.1, 0.15) is 11.7 Å². The number of nitrogens with zero attached hydrogens (tertiary/aromatic N) is 1. The minimum atomic E-state index is -0.693. The molecule has 3 aromatic rings. The predicted molar refractivity (Wildman–Crippen MR) is 124 cm³/mol. The second-order valence-corrected chi connectivity index (χ2v) is 8.71. The number of aromatic nitrogens is 2. The van der Waals surface area contributed by atoms with Crippen molar-refractivity contribution < 1.29 is 14.4 Å². The molecule has 1 unspecified atom stereocenters. The first-order valence-corrected chi connectivity index (χ1v) is 11.8. The zero-order valence-electron chi connectivity index (χ0n) is 17.1. The number of carbonyl (C=O) groups excluding carboxylic acids is 3. The lowest BCUT2D eigenvalue weighted by molar-refractivity contribution is -0.118. The van der Waals surface area contributed by atoms with Gasteiger partial charge in [-0.2, -0.15) is 11.8 Å². The number of nitrogens with one attached hydrogen (secondary N) is 3. The van der Waals surface area contributed by atoms with Crippen LogP contribution in [0.15, 0.2) is 41.9 Å². The summed E-state index contributed by atoms with van der Waals surface area (Å²) in [6.45, 7) is 1.91. The Labute approximate surface area is 188 Å². The third-order valence-electron chi connectivity index (χ3n) is 4.49. The monoisotopic (exact) mass is 457 g/mol. The molecule has 0 radical (unpaired) electrons. The lowest BCUT2D eigenvalue weighted by Crippen LogP contribution is -2.44. The van der Waals surface area contributed by atoms with Gasteiger partial charge >= 0.3 is 0 Å². The van der Waals surface area contributed by atoms with Crippen molar-refractivity contribution in [2.24, 2.45) is 5.73 Å². The topological polar surface area (TPSA) is 130 Å². The van der Waals surface area contributed by atoms with Crippen molar-refractivity contribution >= 4 is 46.0 Å². The minimum Gasteiger partial charge on any atom is -0.364 e. The van der Waals surface area contributed by atoms with Gasteiger partial charge in [0.05, 0.1) is 5.69 Å². The van der Waals surface area contributed by atoms with Crippen LogP contribution in [0.2, 0.25) is 0 Å². The first-order chi connectivity index (χ1) is 14.9. The summed E-state index contributed by atoms with van der Waals surface area (Å²) in [4.78, 5) is 43.9. The Bertz CT molecular complexity index is 1090. The van der Waals surface area contributed by atoms with E-state index in [0.717, 1.165) is 5.56 Å². The lowest BCUT2D eigenvalue weighted by Gasteiger charge is -2.17. The second kappa shape index (κ2) is 10.3. The minimum absolute atomic E-state index is 0.282. The molecule has 2 aromatic heterocycles. The Kier molecular flexibility index (Phi) is 7.48. The van der Waals surface area contributed by atoms with Crippen molar-refractivity contribution in [3.05, 3.63) is 58.7 Å². The van der Waals surface area contributed by atoms with Crippen LogP contribution in [0.25, 0.3) is 11.3 Å². The van der Waals surface area contributed by atoms with Crippen molar-refractivity contribution in [3.63, 3.8) is 0 Å². The molecule has 8 nitrogen and oxygen atoms in total. The molecule has 2 heterocycles. The standard InChI is InChI=1S/C21H23N5O3S2/c1-12-4-3-5-13(8-12)19(28)24-15(6-7-30-2)20(29)26-21-25-17(11-31-21)14-9-16(18(22)27)23-10-14/h3-5,8-11,15,23H,6-7H2,1-2H3,(H2,22,27)(H,24,28)(H,25,26,29). The van der Waals surface area contributed by atoms with Gasteiger partial charge in [-0.05, 0) is 43.6 Å². The fourth-order valence-corrected chi connectivity index (χ4v) is 4.07. The molecule has 0 aliphatic rings. The molecule has 0 bridgehead atoms. The first kappa shape index (κ1) is 22.6. The number of benzene rings is 1. The molecule has 1 aromatic carbocycles.